The molecule has 0 radical (unpaired) electrons. The molecule has 0 unspecified atom stereocenters. The van der Waals surface area contributed by atoms with Gasteiger partial charge >= 0.3 is 0 Å². The summed E-state index contributed by atoms with van der Waals surface area (Å²) >= 11 is 7.33. The lowest BCUT2D eigenvalue weighted by atomic mass is 10.1. The SMILES string of the molecule is COc1cc(C(=O)Nc2ncc(Cc3ccc(Cl)cc3)s2)cc(OC)c1OC. The van der Waals surface area contributed by atoms with Gasteiger partial charge < -0.3 is 14.2 Å². The summed E-state index contributed by atoms with van der Waals surface area (Å²) in [7, 11) is 4.52. The molecule has 1 heterocycles. The van der Waals surface area contributed by atoms with E-state index in [4.69, 9.17) is 25.8 Å². The van der Waals surface area contributed by atoms with Crippen molar-refractivity contribution in [3.05, 3.63) is 63.6 Å². The number of benzene rings is 2. The predicted molar refractivity (Wildman–Crippen MR) is 110 cm³/mol. The van der Waals surface area contributed by atoms with E-state index in [1.165, 1.54) is 32.7 Å². The number of methoxy groups -OCH3 is 3. The first-order valence-corrected chi connectivity index (χ1v) is 9.54. The van der Waals surface area contributed by atoms with Gasteiger partial charge in [0.15, 0.2) is 16.6 Å². The Kier molecular flexibility index (Phi) is 6.38. The van der Waals surface area contributed by atoms with Gasteiger partial charge in [0.25, 0.3) is 5.91 Å². The second kappa shape index (κ2) is 8.95. The summed E-state index contributed by atoms with van der Waals surface area (Å²) in [5.41, 5.74) is 1.50. The van der Waals surface area contributed by atoms with Crippen LogP contribution in [0.1, 0.15) is 20.8 Å². The predicted octanol–water partition coefficient (Wildman–Crippen LogP) is 4.67. The Morgan fingerprint density at radius 3 is 2.29 bits per heavy atom. The molecule has 8 heteroatoms. The highest BCUT2D eigenvalue weighted by Crippen LogP contribution is 2.38. The summed E-state index contributed by atoms with van der Waals surface area (Å²) < 4.78 is 15.9. The third-order valence-corrected chi connectivity index (χ3v) is 5.16. The number of anilines is 1. The van der Waals surface area contributed by atoms with Crippen molar-refractivity contribution >= 4 is 34.0 Å². The van der Waals surface area contributed by atoms with Crippen LogP contribution in [0.3, 0.4) is 0 Å². The van der Waals surface area contributed by atoms with Crippen molar-refractivity contribution in [2.24, 2.45) is 0 Å². The number of thiazole rings is 1. The minimum absolute atomic E-state index is 0.313. The Bertz CT molecular complexity index is 948. The molecule has 0 saturated heterocycles. The van der Waals surface area contributed by atoms with Crippen molar-refractivity contribution in [2.75, 3.05) is 26.6 Å². The molecule has 1 N–H and O–H groups in total. The van der Waals surface area contributed by atoms with Crippen LogP contribution in [0.5, 0.6) is 17.2 Å². The number of ether oxygens (including phenoxy) is 3. The van der Waals surface area contributed by atoms with Crippen LogP contribution in [0.2, 0.25) is 5.02 Å². The van der Waals surface area contributed by atoms with E-state index < -0.39 is 0 Å². The van der Waals surface area contributed by atoms with Gasteiger partial charge in [-0.25, -0.2) is 4.98 Å². The second-order valence-corrected chi connectivity index (χ2v) is 7.35. The molecule has 2 aromatic carbocycles. The van der Waals surface area contributed by atoms with Crippen molar-refractivity contribution in [1.82, 2.24) is 4.98 Å². The van der Waals surface area contributed by atoms with Gasteiger partial charge in [0.05, 0.1) is 21.3 Å². The molecule has 0 fully saturated rings. The number of nitrogens with one attached hydrogen (secondary N) is 1. The van der Waals surface area contributed by atoms with Gasteiger partial charge in [-0.2, -0.15) is 0 Å². The zero-order valence-electron chi connectivity index (χ0n) is 15.6. The van der Waals surface area contributed by atoms with Crippen LogP contribution >= 0.6 is 22.9 Å². The summed E-state index contributed by atoms with van der Waals surface area (Å²) in [4.78, 5) is 18.0. The number of aromatic nitrogens is 1. The number of nitrogens with zero attached hydrogens (tertiary/aromatic N) is 1. The normalized spacial score (nSPS) is 10.4. The van der Waals surface area contributed by atoms with Crippen molar-refractivity contribution in [2.45, 2.75) is 6.42 Å². The van der Waals surface area contributed by atoms with E-state index in [2.05, 4.69) is 10.3 Å². The molecule has 0 bridgehead atoms. The maximum atomic E-state index is 12.6. The molecule has 1 aromatic heterocycles. The summed E-state index contributed by atoms with van der Waals surface area (Å²) in [6.07, 6.45) is 2.47. The monoisotopic (exact) mass is 418 g/mol. The summed E-state index contributed by atoms with van der Waals surface area (Å²) in [6.45, 7) is 0. The number of carbonyl (C=O) groups excluding carboxylic acids is 1. The quantitative estimate of drug-likeness (QED) is 0.604. The highest BCUT2D eigenvalue weighted by atomic mass is 35.5. The molecule has 0 aliphatic heterocycles. The molecule has 0 atom stereocenters. The van der Waals surface area contributed by atoms with Crippen LogP contribution in [0, 0.1) is 0 Å². The maximum absolute atomic E-state index is 12.6. The van der Waals surface area contributed by atoms with Gasteiger partial charge in [-0.05, 0) is 29.8 Å². The molecule has 0 spiro atoms. The van der Waals surface area contributed by atoms with Crippen LogP contribution < -0.4 is 19.5 Å². The molecule has 0 saturated carbocycles. The lowest BCUT2D eigenvalue weighted by molar-refractivity contribution is 0.102. The van der Waals surface area contributed by atoms with Gasteiger partial charge in [-0.3, -0.25) is 10.1 Å². The highest BCUT2D eigenvalue weighted by molar-refractivity contribution is 7.15. The summed E-state index contributed by atoms with van der Waals surface area (Å²) in [5, 5.41) is 4.03. The van der Waals surface area contributed by atoms with E-state index in [1.807, 2.05) is 24.3 Å². The minimum atomic E-state index is -0.313. The Labute approximate surface area is 172 Å². The molecule has 1 amide bonds. The molecule has 0 aliphatic carbocycles. The standard InChI is InChI=1S/C20H19ClN2O4S/c1-25-16-9-13(10-17(26-2)18(16)27-3)19(24)23-20-22-11-15(28-20)8-12-4-6-14(21)7-5-12/h4-7,9-11H,8H2,1-3H3,(H,22,23,24). The molecule has 3 rings (SSSR count). The third-order valence-electron chi connectivity index (χ3n) is 3.99. The topological polar surface area (TPSA) is 69.7 Å². The summed E-state index contributed by atoms with van der Waals surface area (Å²) in [6, 6.07) is 10.8. The molecule has 0 aliphatic rings. The van der Waals surface area contributed by atoms with E-state index in [9.17, 15) is 4.79 Å². The van der Waals surface area contributed by atoms with Crippen molar-refractivity contribution < 1.29 is 19.0 Å². The minimum Gasteiger partial charge on any atom is -0.493 e. The number of halogens is 1. The lowest BCUT2D eigenvalue weighted by Gasteiger charge is -2.13. The fourth-order valence-corrected chi connectivity index (χ4v) is 3.60. The van der Waals surface area contributed by atoms with Crippen LogP contribution in [0.4, 0.5) is 5.13 Å². The van der Waals surface area contributed by atoms with E-state index in [1.54, 1.807) is 18.3 Å². The zero-order chi connectivity index (χ0) is 20.1. The van der Waals surface area contributed by atoms with E-state index >= 15 is 0 Å². The van der Waals surface area contributed by atoms with E-state index in [-0.39, 0.29) is 5.91 Å². The Balaban J connectivity index is 1.74. The molecule has 146 valence electrons. The first kappa shape index (κ1) is 20.0. The molecule has 28 heavy (non-hydrogen) atoms. The maximum Gasteiger partial charge on any atom is 0.257 e. The fourth-order valence-electron chi connectivity index (χ4n) is 2.63. The fraction of sp³-hybridized carbons (Fsp3) is 0.200. The number of hydrogen-bond donors (Lipinski definition) is 1. The second-order valence-electron chi connectivity index (χ2n) is 5.80. The van der Waals surface area contributed by atoms with Crippen LogP contribution in [0.25, 0.3) is 0 Å². The molecule has 6 nitrogen and oxygen atoms in total. The Hall–Kier alpha value is -2.77. The zero-order valence-corrected chi connectivity index (χ0v) is 17.2. The Morgan fingerprint density at radius 2 is 1.71 bits per heavy atom. The molecular formula is C20H19ClN2O4S. The van der Waals surface area contributed by atoms with Gasteiger partial charge in [0.1, 0.15) is 0 Å². The largest absolute Gasteiger partial charge is 0.493 e. The number of amides is 1. The average Bonchev–Trinajstić information content (AvgIpc) is 3.15. The third kappa shape index (κ3) is 4.55. The van der Waals surface area contributed by atoms with E-state index in [0.29, 0.717) is 33.0 Å². The van der Waals surface area contributed by atoms with Crippen molar-refractivity contribution in [1.29, 1.82) is 0 Å². The summed E-state index contributed by atoms with van der Waals surface area (Å²) in [5.74, 6) is 0.942. The lowest BCUT2D eigenvalue weighted by Crippen LogP contribution is -2.12. The Morgan fingerprint density at radius 1 is 1.07 bits per heavy atom. The van der Waals surface area contributed by atoms with Crippen LogP contribution in [0.15, 0.2) is 42.6 Å². The first-order chi connectivity index (χ1) is 13.5. The van der Waals surface area contributed by atoms with Crippen LogP contribution in [-0.2, 0) is 6.42 Å². The van der Waals surface area contributed by atoms with Crippen molar-refractivity contribution in [3.8, 4) is 17.2 Å². The number of carbonyl (C=O) groups is 1. The highest BCUT2D eigenvalue weighted by Gasteiger charge is 2.18. The van der Waals surface area contributed by atoms with Gasteiger partial charge in [0.2, 0.25) is 5.75 Å². The van der Waals surface area contributed by atoms with Gasteiger partial charge in [0, 0.05) is 28.1 Å². The van der Waals surface area contributed by atoms with E-state index in [0.717, 1.165) is 16.9 Å². The van der Waals surface area contributed by atoms with Crippen molar-refractivity contribution in [3.63, 3.8) is 0 Å². The number of hydrogen-bond acceptors (Lipinski definition) is 6. The average molecular weight is 419 g/mol. The van der Waals surface area contributed by atoms with Crippen LogP contribution in [-0.4, -0.2) is 32.2 Å². The van der Waals surface area contributed by atoms with Gasteiger partial charge in [-0.15, -0.1) is 11.3 Å². The number of rotatable bonds is 7. The molecule has 3 aromatic rings. The van der Waals surface area contributed by atoms with Gasteiger partial charge in [-0.1, -0.05) is 23.7 Å². The first-order valence-electron chi connectivity index (χ1n) is 8.34. The smallest absolute Gasteiger partial charge is 0.257 e. The molecular weight excluding hydrogens is 400 g/mol.